The second kappa shape index (κ2) is 10.4. The fourth-order valence-electron chi connectivity index (χ4n) is 4.01. The average Bonchev–Trinajstić information content (AvgIpc) is 2.77. The molecule has 2 atom stereocenters. The minimum Gasteiger partial charge on any atom is -0.452 e. The highest BCUT2D eigenvalue weighted by Crippen LogP contribution is 2.31. The molecule has 0 spiro atoms. The largest absolute Gasteiger partial charge is 0.452 e. The topological polar surface area (TPSA) is 117 Å². The van der Waals surface area contributed by atoms with Gasteiger partial charge in [0.1, 0.15) is 5.54 Å². The van der Waals surface area contributed by atoms with Gasteiger partial charge < -0.3 is 10.1 Å². The lowest BCUT2D eigenvalue weighted by atomic mass is 9.90. The molecule has 1 fully saturated rings. The maximum absolute atomic E-state index is 13.4. The van der Waals surface area contributed by atoms with Gasteiger partial charge in [0.05, 0.1) is 16.9 Å². The first-order chi connectivity index (χ1) is 15.7. The summed E-state index contributed by atoms with van der Waals surface area (Å²) in [7, 11) is -3.70. The monoisotopic (exact) mass is 491 g/mol. The number of nitriles is 1. The Kier molecular flexibility index (Phi) is 8.54. The van der Waals surface area contributed by atoms with Crippen molar-refractivity contribution < 1.29 is 22.7 Å². The predicted molar refractivity (Wildman–Crippen MR) is 129 cm³/mol. The Bertz CT molecular complexity index is 1070. The van der Waals surface area contributed by atoms with Crippen LogP contribution >= 0.6 is 0 Å². The zero-order chi connectivity index (χ0) is 26.0. The van der Waals surface area contributed by atoms with Gasteiger partial charge in [-0.15, -0.1) is 0 Å². The molecule has 8 nitrogen and oxygen atoms in total. The fraction of sp³-hybridized carbons (Fsp3) is 0.640. The van der Waals surface area contributed by atoms with Crippen molar-refractivity contribution >= 4 is 21.9 Å². The van der Waals surface area contributed by atoms with E-state index in [0.29, 0.717) is 17.7 Å². The highest BCUT2D eigenvalue weighted by Gasteiger charge is 2.37. The third-order valence-electron chi connectivity index (χ3n) is 7.11. The second-order valence-corrected chi connectivity index (χ2v) is 11.7. The summed E-state index contributed by atoms with van der Waals surface area (Å²) in [6, 6.07) is 4.08. The Morgan fingerprint density at radius 2 is 1.62 bits per heavy atom. The summed E-state index contributed by atoms with van der Waals surface area (Å²) >= 11 is 0. The number of ether oxygens (including phenoxy) is 1. The fourth-order valence-corrected chi connectivity index (χ4v) is 6.06. The van der Waals surface area contributed by atoms with E-state index in [4.69, 9.17) is 4.74 Å². The predicted octanol–water partition coefficient (Wildman–Crippen LogP) is 3.31. The number of aryl methyl sites for hydroxylation is 2. The van der Waals surface area contributed by atoms with E-state index in [1.807, 2.05) is 47.6 Å². The van der Waals surface area contributed by atoms with Crippen molar-refractivity contribution in [3.05, 3.63) is 28.3 Å². The highest BCUT2D eigenvalue weighted by molar-refractivity contribution is 7.89. The highest BCUT2D eigenvalue weighted by atomic mass is 32.2. The maximum atomic E-state index is 13.4. The number of hydrogen-bond acceptors (Lipinski definition) is 6. The van der Waals surface area contributed by atoms with Crippen molar-refractivity contribution in [2.75, 3.05) is 13.1 Å². The standard InChI is InChI=1S/C25H37N3O5S/c1-15(2)25(8,14-26)27-23(29)20(7)33-24(30)21-9-11-28(12-10-21)34(31,32)22-18(5)16(3)13-17(4)19(22)6/h13,15,20-21H,9-12H2,1-8H3,(H,27,29). The number of carbonyl (C=O) groups excluding carboxylic acids is 2. The number of rotatable bonds is 7. The van der Waals surface area contributed by atoms with Crippen LogP contribution < -0.4 is 5.32 Å². The molecule has 0 saturated carbocycles. The van der Waals surface area contributed by atoms with E-state index in [9.17, 15) is 23.3 Å². The quantitative estimate of drug-likeness (QED) is 0.585. The number of hydrogen-bond donors (Lipinski definition) is 1. The van der Waals surface area contributed by atoms with E-state index < -0.39 is 39.5 Å². The minimum absolute atomic E-state index is 0.125. The number of amides is 1. The molecule has 2 rings (SSSR count). The smallest absolute Gasteiger partial charge is 0.309 e. The molecule has 9 heteroatoms. The molecular weight excluding hydrogens is 454 g/mol. The van der Waals surface area contributed by atoms with E-state index in [-0.39, 0.29) is 19.0 Å². The summed E-state index contributed by atoms with van der Waals surface area (Å²) in [4.78, 5) is 25.5. The molecule has 1 saturated heterocycles. The van der Waals surface area contributed by atoms with Crippen molar-refractivity contribution in [1.82, 2.24) is 9.62 Å². The lowest BCUT2D eigenvalue weighted by Crippen LogP contribution is -2.52. The van der Waals surface area contributed by atoms with Crippen LogP contribution in [0.1, 0.15) is 62.8 Å². The molecule has 0 aromatic heterocycles. The summed E-state index contributed by atoms with van der Waals surface area (Å²) < 4.78 is 33.6. The first kappa shape index (κ1) is 27.8. The van der Waals surface area contributed by atoms with Gasteiger partial charge in [-0.3, -0.25) is 9.59 Å². The molecule has 0 aliphatic carbocycles. The zero-order valence-electron chi connectivity index (χ0n) is 21.5. The van der Waals surface area contributed by atoms with Gasteiger partial charge in [-0.2, -0.15) is 9.57 Å². The van der Waals surface area contributed by atoms with Gasteiger partial charge in [0.15, 0.2) is 6.10 Å². The van der Waals surface area contributed by atoms with Crippen LogP contribution in [0.3, 0.4) is 0 Å². The van der Waals surface area contributed by atoms with Crippen LogP contribution in [-0.2, 0) is 24.3 Å². The molecule has 1 aromatic carbocycles. The zero-order valence-corrected chi connectivity index (χ0v) is 22.3. The Morgan fingerprint density at radius 1 is 1.12 bits per heavy atom. The van der Waals surface area contributed by atoms with Crippen LogP contribution in [0.25, 0.3) is 0 Å². The van der Waals surface area contributed by atoms with Gasteiger partial charge in [-0.05, 0) is 82.6 Å². The van der Waals surface area contributed by atoms with Crippen LogP contribution in [0, 0.1) is 50.9 Å². The molecule has 1 aromatic rings. The van der Waals surface area contributed by atoms with Crippen molar-refractivity contribution in [1.29, 1.82) is 5.26 Å². The molecule has 1 aliphatic rings. The molecule has 188 valence electrons. The average molecular weight is 492 g/mol. The lowest BCUT2D eigenvalue weighted by Gasteiger charge is -2.32. The number of sulfonamides is 1. The SMILES string of the molecule is Cc1cc(C)c(C)c(S(=O)(=O)N2CCC(C(=O)OC(C)C(=O)NC(C)(C#N)C(C)C)CC2)c1C. The van der Waals surface area contributed by atoms with Crippen LogP contribution in [0.5, 0.6) is 0 Å². The summed E-state index contributed by atoms with van der Waals surface area (Å²) in [5.41, 5.74) is 2.28. The van der Waals surface area contributed by atoms with E-state index in [2.05, 4.69) is 11.4 Å². The first-order valence-corrected chi connectivity index (χ1v) is 13.1. The number of nitrogens with zero attached hydrogens (tertiary/aromatic N) is 2. The summed E-state index contributed by atoms with van der Waals surface area (Å²) in [5.74, 6) is -1.68. The Hall–Kier alpha value is -2.44. The Balaban J connectivity index is 2.04. The lowest BCUT2D eigenvalue weighted by molar-refractivity contribution is -0.160. The van der Waals surface area contributed by atoms with Gasteiger partial charge >= 0.3 is 5.97 Å². The number of esters is 1. The number of nitrogens with one attached hydrogen (secondary N) is 1. The van der Waals surface area contributed by atoms with Crippen LogP contribution in [0.2, 0.25) is 0 Å². The van der Waals surface area contributed by atoms with Crippen LogP contribution in [0.4, 0.5) is 0 Å². The Labute approximate surface area is 203 Å². The van der Waals surface area contributed by atoms with Crippen molar-refractivity contribution in [2.45, 2.75) is 84.8 Å². The maximum Gasteiger partial charge on any atom is 0.309 e. The molecule has 1 aliphatic heterocycles. The van der Waals surface area contributed by atoms with Crippen molar-refractivity contribution in [3.63, 3.8) is 0 Å². The van der Waals surface area contributed by atoms with E-state index in [0.717, 1.165) is 22.3 Å². The number of piperidine rings is 1. The van der Waals surface area contributed by atoms with Gasteiger partial charge in [0.2, 0.25) is 10.0 Å². The molecule has 34 heavy (non-hydrogen) atoms. The van der Waals surface area contributed by atoms with E-state index in [1.54, 1.807) is 6.92 Å². The van der Waals surface area contributed by atoms with E-state index in [1.165, 1.54) is 11.2 Å². The molecule has 2 unspecified atom stereocenters. The summed E-state index contributed by atoms with van der Waals surface area (Å²) in [6.07, 6.45) is -0.421. The Morgan fingerprint density at radius 3 is 2.06 bits per heavy atom. The van der Waals surface area contributed by atoms with Gasteiger partial charge in [-0.25, -0.2) is 8.42 Å². The van der Waals surface area contributed by atoms with E-state index >= 15 is 0 Å². The van der Waals surface area contributed by atoms with Crippen LogP contribution in [0.15, 0.2) is 11.0 Å². The second-order valence-electron chi connectivity index (χ2n) is 9.81. The number of carbonyl (C=O) groups is 2. The van der Waals surface area contributed by atoms with Crippen molar-refractivity contribution in [2.24, 2.45) is 11.8 Å². The third-order valence-corrected chi connectivity index (χ3v) is 9.29. The van der Waals surface area contributed by atoms with Gasteiger partial charge in [-0.1, -0.05) is 19.9 Å². The molecule has 0 bridgehead atoms. The van der Waals surface area contributed by atoms with Gasteiger partial charge in [0.25, 0.3) is 5.91 Å². The molecular formula is C25H37N3O5S. The molecule has 1 N–H and O–H groups in total. The first-order valence-electron chi connectivity index (χ1n) is 11.7. The molecule has 1 heterocycles. The third kappa shape index (κ3) is 5.61. The number of benzene rings is 1. The summed E-state index contributed by atoms with van der Waals surface area (Å²) in [5, 5.41) is 12.0. The molecule has 1 amide bonds. The summed E-state index contributed by atoms with van der Waals surface area (Å²) in [6.45, 7) is 14.6. The normalized spacial score (nSPS) is 18.1. The van der Waals surface area contributed by atoms with Crippen LogP contribution in [-0.4, -0.2) is 49.3 Å². The van der Waals surface area contributed by atoms with Gasteiger partial charge in [0, 0.05) is 13.1 Å². The molecule has 0 radical (unpaired) electrons. The van der Waals surface area contributed by atoms with Crippen molar-refractivity contribution in [3.8, 4) is 6.07 Å². The minimum atomic E-state index is -3.70.